The summed E-state index contributed by atoms with van der Waals surface area (Å²) in [6, 6.07) is 13.6. The Labute approximate surface area is 119 Å². The van der Waals surface area contributed by atoms with E-state index in [1.807, 2.05) is 24.3 Å². The van der Waals surface area contributed by atoms with Crippen molar-refractivity contribution in [3.05, 3.63) is 59.2 Å². The summed E-state index contributed by atoms with van der Waals surface area (Å²) in [7, 11) is 0. The monoisotopic (exact) mass is 269 g/mol. The van der Waals surface area contributed by atoms with Crippen molar-refractivity contribution in [2.45, 2.75) is 26.3 Å². The molecule has 20 heavy (non-hydrogen) atoms. The highest BCUT2D eigenvalue weighted by molar-refractivity contribution is 5.69. The lowest BCUT2D eigenvalue weighted by atomic mass is 9.96. The standard InChI is InChI=1S/C17H19NO2/c1-11-6-7-14(8-12(11)2)13-4-3-5-15(9-13)16(18)10-17(19)20/h3-9,16H,10,18H2,1-2H3,(H,19,20). The topological polar surface area (TPSA) is 63.3 Å². The fourth-order valence-corrected chi connectivity index (χ4v) is 2.18. The van der Waals surface area contributed by atoms with Crippen LogP contribution < -0.4 is 5.73 Å². The van der Waals surface area contributed by atoms with Crippen LogP contribution in [0.25, 0.3) is 11.1 Å². The number of hydrogen-bond donors (Lipinski definition) is 2. The average molecular weight is 269 g/mol. The van der Waals surface area contributed by atoms with Crippen LogP contribution in [-0.2, 0) is 4.79 Å². The summed E-state index contributed by atoms with van der Waals surface area (Å²) in [6.45, 7) is 4.16. The van der Waals surface area contributed by atoms with Gasteiger partial charge in [0.15, 0.2) is 0 Å². The smallest absolute Gasteiger partial charge is 0.305 e. The van der Waals surface area contributed by atoms with Crippen LogP contribution in [-0.4, -0.2) is 11.1 Å². The molecule has 0 heterocycles. The first kappa shape index (κ1) is 14.3. The number of rotatable bonds is 4. The summed E-state index contributed by atoms with van der Waals surface area (Å²) in [5, 5.41) is 8.82. The minimum Gasteiger partial charge on any atom is -0.481 e. The molecule has 0 fully saturated rings. The molecule has 2 rings (SSSR count). The van der Waals surface area contributed by atoms with E-state index in [0.29, 0.717) is 0 Å². The second-order valence-electron chi connectivity index (χ2n) is 5.13. The van der Waals surface area contributed by atoms with Crippen molar-refractivity contribution in [1.29, 1.82) is 0 Å². The molecular weight excluding hydrogens is 250 g/mol. The van der Waals surface area contributed by atoms with Gasteiger partial charge >= 0.3 is 5.97 Å². The molecule has 0 spiro atoms. The van der Waals surface area contributed by atoms with E-state index in [0.717, 1.165) is 16.7 Å². The third-order valence-corrected chi connectivity index (χ3v) is 3.55. The molecule has 0 bridgehead atoms. The third kappa shape index (κ3) is 3.25. The molecule has 2 aromatic carbocycles. The van der Waals surface area contributed by atoms with Gasteiger partial charge in [-0.25, -0.2) is 0 Å². The Hall–Kier alpha value is -2.13. The molecule has 1 atom stereocenters. The number of aliphatic carboxylic acids is 1. The zero-order valence-electron chi connectivity index (χ0n) is 11.8. The fourth-order valence-electron chi connectivity index (χ4n) is 2.18. The van der Waals surface area contributed by atoms with E-state index in [-0.39, 0.29) is 6.42 Å². The van der Waals surface area contributed by atoms with Crippen molar-refractivity contribution < 1.29 is 9.90 Å². The van der Waals surface area contributed by atoms with Crippen LogP contribution in [0.3, 0.4) is 0 Å². The van der Waals surface area contributed by atoms with Gasteiger partial charge in [-0.1, -0.05) is 36.4 Å². The number of carboxylic acid groups (broad SMARTS) is 1. The molecule has 0 aromatic heterocycles. The second kappa shape index (κ2) is 5.88. The zero-order chi connectivity index (χ0) is 14.7. The van der Waals surface area contributed by atoms with Crippen molar-refractivity contribution in [2.24, 2.45) is 5.73 Å². The molecule has 3 N–H and O–H groups in total. The van der Waals surface area contributed by atoms with Gasteiger partial charge in [0.2, 0.25) is 0 Å². The number of nitrogens with two attached hydrogens (primary N) is 1. The molecule has 0 aliphatic carbocycles. The summed E-state index contributed by atoms with van der Waals surface area (Å²) in [5.74, 6) is -0.880. The van der Waals surface area contributed by atoms with E-state index in [1.165, 1.54) is 11.1 Å². The third-order valence-electron chi connectivity index (χ3n) is 3.55. The van der Waals surface area contributed by atoms with Gasteiger partial charge in [-0.2, -0.15) is 0 Å². The van der Waals surface area contributed by atoms with Gasteiger partial charge in [0, 0.05) is 6.04 Å². The zero-order valence-corrected chi connectivity index (χ0v) is 11.8. The molecule has 0 aliphatic rings. The highest BCUT2D eigenvalue weighted by Crippen LogP contribution is 2.25. The normalized spacial score (nSPS) is 12.2. The Morgan fingerprint density at radius 1 is 1.10 bits per heavy atom. The number of carboxylic acids is 1. The molecule has 104 valence electrons. The van der Waals surface area contributed by atoms with Gasteiger partial charge in [-0.05, 0) is 47.7 Å². The maximum Gasteiger partial charge on any atom is 0.305 e. The minimum atomic E-state index is -0.880. The Kier molecular flexibility index (Phi) is 4.20. The molecule has 0 saturated heterocycles. The first-order valence-electron chi connectivity index (χ1n) is 6.62. The highest BCUT2D eigenvalue weighted by Gasteiger charge is 2.11. The van der Waals surface area contributed by atoms with Gasteiger partial charge in [0.1, 0.15) is 0 Å². The van der Waals surface area contributed by atoms with Crippen LogP contribution in [0.5, 0.6) is 0 Å². The van der Waals surface area contributed by atoms with E-state index in [2.05, 4.69) is 32.0 Å². The van der Waals surface area contributed by atoms with Crippen LogP contribution in [0.1, 0.15) is 29.2 Å². The molecule has 3 nitrogen and oxygen atoms in total. The SMILES string of the molecule is Cc1ccc(-c2cccc(C(N)CC(=O)O)c2)cc1C. The van der Waals surface area contributed by atoms with Crippen LogP contribution in [0.2, 0.25) is 0 Å². The first-order chi connectivity index (χ1) is 9.47. The van der Waals surface area contributed by atoms with Crippen LogP contribution in [0.15, 0.2) is 42.5 Å². The van der Waals surface area contributed by atoms with Gasteiger partial charge in [0.25, 0.3) is 0 Å². The molecular formula is C17H19NO2. The summed E-state index contributed by atoms with van der Waals surface area (Å²) >= 11 is 0. The van der Waals surface area contributed by atoms with Crippen molar-refractivity contribution in [3.63, 3.8) is 0 Å². The summed E-state index contributed by atoms with van der Waals surface area (Å²) in [5.41, 5.74) is 11.4. The van der Waals surface area contributed by atoms with Crippen molar-refractivity contribution in [3.8, 4) is 11.1 Å². The first-order valence-corrected chi connectivity index (χ1v) is 6.62. The summed E-state index contributed by atoms with van der Waals surface area (Å²) < 4.78 is 0. The fraction of sp³-hybridized carbons (Fsp3) is 0.235. The minimum absolute atomic E-state index is 0.0591. The molecule has 0 radical (unpaired) electrons. The molecule has 2 aromatic rings. The van der Waals surface area contributed by atoms with Crippen LogP contribution in [0, 0.1) is 13.8 Å². The second-order valence-corrected chi connectivity index (χ2v) is 5.13. The molecule has 0 saturated carbocycles. The van der Waals surface area contributed by atoms with Crippen molar-refractivity contribution >= 4 is 5.97 Å². The molecule has 0 amide bonds. The lowest BCUT2D eigenvalue weighted by Crippen LogP contribution is -2.14. The largest absolute Gasteiger partial charge is 0.481 e. The summed E-state index contributed by atoms with van der Waals surface area (Å²) in [6.07, 6.45) is -0.0591. The highest BCUT2D eigenvalue weighted by atomic mass is 16.4. The number of aryl methyl sites for hydroxylation is 2. The molecule has 3 heteroatoms. The van der Waals surface area contributed by atoms with E-state index in [4.69, 9.17) is 10.8 Å². The number of carbonyl (C=O) groups is 1. The van der Waals surface area contributed by atoms with Gasteiger partial charge in [-0.3, -0.25) is 4.79 Å². The molecule has 1 unspecified atom stereocenters. The maximum absolute atomic E-state index is 10.7. The van der Waals surface area contributed by atoms with Crippen LogP contribution in [0.4, 0.5) is 0 Å². The van der Waals surface area contributed by atoms with Gasteiger partial charge < -0.3 is 10.8 Å². The lowest BCUT2D eigenvalue weighted by Gasteiger charge is -2.12. The van der Waals surface area contributed by atoms with Gasteiger partial charge in [-0.15, -0.1) is 0 Å². The van der Waals surface area contributed by atoms with E-state index >= 15 is 0 Å². The average Bonchev–Trinajstić information content (AvgIpc) is 2.41. The van der Waals surface area contributed by atoms with E-state index in [9.17, 15) is 4.79 Å². The number of benzene rings is 2. The quantitative estimate of drug-likeness (QED) is 0.893. The Morgan fingerprint density at radius 2 is 1.80 bits per heavy atom. The molecule has 0 aliphatic heterocycles. The van der Waals surface area contributed by atoms with Crippen molar-refractivity contribution in [2.75, 3.05) is 0 Å². The van der Waals surface area contributed by atoms with Crippen molar-refractivity contribution in [1.82, 2.24) is 0 Å². The Bertz CT molecular complexity index is 635. The predicted molar refractivity (Wildman–Crippen MR) is 80.5 cm³/mol. The predicted octanol–water partition coefficient (Wildman–Crippen LogP) is 3.44. The Morgan fingerprint density at radius 3 is 2.45 bits per heavy atom. The summed E-state index contributed by atoms with van der Waals surface area (Å²) in [4.78, 5) is 10.7. The lowest BCUT2D eigenvalue weighted by molar-refractivity contribution is -0.137. The Balaban J connectivity index is 2.33. The van der Waals surface area contributed by atoms with Crippen LogP contribution >= 0.6 is 0 Å². The number of hydrogen-bond acceptors (Lipinski definition) is 2. The van der Waals surface area contributed by atoms with E-state index < -0.39 is 12.0 Å². The van der Waals surface area contributed by atoms with Gasteiger partial charge in [0.05, 0.1) is 6.42 Å². The van der Waals surface area contributed by atoms with E-state index in [1.54, 1.807) is 0 Å². The maximum atomic E-state index is 10.7.